The second kappa shape index (κ2) is 18.4. The summed E-state index contributed by atoms with van der Waals surface area (Å²) in [4.78, 5) is 23.0. The van der Waals surface area contributed by atoms with E-state index in [1.165, 1.54) is 51.6 Å². The molecule has 52 heavy (non-hydrogen) atoms. The molecular weight excluding hydrogens is 777 g/mol. The number of amides is 1. The maximum atomic E-state index is 12.4. The average molecular weight is 817 g/mol. The average Bonchev–Trinajstić information content (AvgIpc) is 3.63. The molecule has 2 heterocycles. The molecule has 2 saturated heterocycles. The van der Waals surface area contributed by atoms with Crippen LogP contribution >= 0.6 is 12.4 Å². The highest BCUT2D eigenvalue weighted by atomic mass is 35.5. The Morgan fingerprint density at radius 3 is 1.23 bits per heavy atom. The lowest BCUT2D eigenvalue weighted by atomic mass is 9.77. The molecule has 0 radical (unpaired) electrons. The van der Waals surface area contributed by atoms with Crippen LogP contribution < -0.4 is 5.32 Å². The molecule has 7 nitrogen and oxygen atoms in total. The predicted molar refractivity (Wildman–Crippen MR) is 153 cm³/mol. The number of rotatable bonds is 3. The molecule has 308 valence electrons. The van der Waals surface area contributed by atoms with Gasteiger partial charge in [0.05, 0.1) is 0 Å². The summed E-state index contributed by atoms with van der Waals surface area (Å²) in [6.07, 6.45) is -30.1. The van der Waals surface area contributed by atoms with Crippen molar-refractivity contribution in [3.8, 4) is 0 Å². The van der Waals surface area contributed by atoms with E-state index in [1.54, 1.807) is 0 Å². The van der Waals surface area contributed by atoms with Crippen molar-refractivity contribution in [3.63, 3.8) is 0 Å². The topological polar surface area (TPSA) is 77.1 Å². The minimum atomic E-state index is -6.03. The van der Waals surface area contributed by atoms with E-state index >= 15 is 0 Å². The third-order valence-corrected chi connectivity index (χ3v) is 9.43. The zero-order valence-electron chi connectivity index (χ0n) is 27.6. The van der Waals surface area contributed by atoms with Gasteiger partial charge in [-0.05, 0) is 82.2 Å². The van der Waals surface area contributed by atoms with E-state index in [-0.39, 0.29) is 37.8 Å². The van der Waals surface area contributed by atoms with Crippen molar-refractivity contribution in [1.29, 1.82) is 0 Å². The first-order valence-electron chi connectivity index (χ1n) is 16.0. The number of ether oxygens (including phenoxy) is 3. The van der Waals surface area contributed by atoms with Crippen LogP contribution in [-0.2, 0) is 14.2 Å². The van der Waals surface area contributed by atoms with E-state index in [4.69, 9.17) is 0 Å². The van der Waals surface area contributed by atoms with E-state index in [9.17, 15) is 75.4 Å². The van der Waals surface area contributed by atoms with Crippen LogP contribution in [0.1, 0.15) is 84.0 Å². The standard InChI is InChI=1S/C13H17F6NO2.C9H17N.C7H5F9O3.ClH/c14-12(15,16)9(13(17,18)19)22-10(21)20-7-5-11(6-8-20)3-1-2-4-11;1-2-4-9(3-1)5-7-10-8-6-9;1-2(5(8,9)10)18-4(17)19-3(6(11,12)13)7(14,15)16;/h9H,1-8H2;10H,1-8H2;2-3H,1H3;1H. The molecule has 1 N–H and O–H groups in total. The molecule has 0 aromatic rings. The van der Waals surface area contributed by atoms with Gasteiger partial charge in [0.1, 0.15) is 0 Å². The predicted octanol–water partition coefficient (Wildman–Crippen LogP) is 10.2. The van der Waals surface area contributed by atoms with Gasteiger partial charge >= 0.3 is 43.1 Å². The Hall–Kier alpha value is -2.26. The van der Waals surface area contributed by atoms with Crippen LogP contribution in [0.25, 0.3) is 0 Å². The van der Waals surface area contributed by atoms with Gasteiger partial charge in [-0.1, -0.05) is 25.7 Å². The van der Waals surface area contributed by atoms with Gasteiger partial charge in [0.25, 0.3) is 12.2 Å². The third-order valence-electron chi connectivity index (χ3n) is 9.43. The largest absolute Gasteiger partial charge is 0.509 e. The van der Waals surface area contributed by atoms with Gasteiger partial charge in [0, 0.05) is 13.1 Å². The van der Waals surface area contributed by atoms with Gasteiger partial charge in [-0.25, -0.2) is 9.59 Å². The smallest absolute Gasteiger partial charge is 0.426 e. The van der Waals surface area contributed by atoms with Crippen LogP contribution in [0.2, 0.25) is 0 Å². The van der Waals surface area contributed by atoms with E-state index < -0.39 is 61.4 Å². The first kappa shape index (κ1) is 47.8. The van der Waals surface area contributed by atoms with Crippen LogP contribution in [0.3, 0.4) is 0 Å². The lowest BCUT2D eigenvalue weighted by molar-refractivity contribution is -0.313. The Labute approximate surface area is 295 Å². The third kappa shape index (κ3) is 14.9. The molecule has 0 bridgehead atoms. The van der Waals surface area contributed by atoms with Gasteiger partial charge in [0.2, 0.25) is 0 Å². The summed E-state index contributed by atoms with van der Waals surface area (Å²) < 4.78 is 191. The molecule has 1 amide bonds. The molecule has 23 heteroatoms. The molecule has 4 aliphatic rings. The van der Waals surface area contributed by atoms with E-state index in [2.05, 4.69) is 19.5 Å². The fourth-order valence-electron chi connectivity index (χ4n) is 6.52. The lowest BCUT2D eigenvalue weighted by Gasteiger charge is -2.39. The second-order valence-corrected chi connectivity index (χ2v) is 13.1. The molecule has 2 aliphatic heterocycles. The number of nitrogens with zero attached hydrogens (tertiary/aromatic N) is 1. The highest BCUT2D eigenvalue weighted by molar-refractivity contribution is 5.85. The van der Waals surface area contributed by atoms with Crippen molar-refractivity contribution in [2.45, 2.75) is 133 Å². The summed E-state index contributed by atoms with van der Waals surface area (Å²) >= 11 is 0. The number of carbonyl (C=O) groups excluding carboxylic acids is 2. The van der Waals surface area contributed by atoms with E-state index in [0.717, 1.165) is 36.0 Å². The van der Waals surface area contributed by atoms with Gasteiger partial charge in [-0.15, -0.1) is 12.4 Å². The molecule has 1 unspecified atom stereocenters. The number of likely N-dealkylation sites (tertiary alicyclic amines) is 1. The molecule has 2 saturated carbocycles. The van der Waals surface area contributed by atoms with Gasteiger partial charge in [-0.3, -0.25) is 0 Å². The highest BCUT2D eigenvalue weighted by Crippen LogP contribution is 2.47. The van der Waals surface area contributed by atoms with Crippen LogP contribution in [0.4, 0.5) is 75.4 Å². The van der Waals surface area contributed by atoms with Gasteiger partial charge in [-0.2, -0.15) is 65.9 Å². The van der Waals surface area contributed by atoms with Crippen molar-refractivity contribution in [3.05, 3.63) is 0 Å². The van der Waals surface area contributed by atoms with Crippen molar-refractivity contribution in [2.75, 3.05) is 26.2 Å². The first-order valence-corrected chi connectivity index (χ1v) is 16.0. The van der Waals surface area contributed by atoms with Crippen LogP contribution in [-0.4, -0.2) is 92.5 Å². The number of carbonyl (C=O) groups is 2. The zero-order chi connectivity index (χ0) is 39.1. The molecule has 1 atom stereocenters. The zero-order valence-corrected chi connectivity index (χ0v) is 28.4. The van der Waals surface area contributed by atoms with Crippen LogP contribution in [0.5, 0.6) is 0 Å². The fraction of sp³-hybridized carbons (Fsp3) is 0.931. The molecule has 4 rings (SSSR count). The molecule has 0 aromatic heterocycles. The Bertz CT molecular complexity index is 1070. The highest BCUT2D eigenvalue weighted by Gasteiger charge is 2.61. The quantitative estimate of drug-likeness (QED) is 0.226. The van der Waals surface area contributed by atoms with Crippen molar-refractivity contribution >= 4 is 24.7 Å². The summed E-state index contributed by atoms with van der Waals surface area (Å²) in [6.45, 7) is 3.04. The van der Waals surface area contributed by atoms with E-state index in [0.29, 0.717) is 12.8 Å². The molecule has 4 fully saturated rings. The summed E-state index contributed by atoms with van der Waals surface area (Å²) in [7, 11) is 0. The summed E-state index contributed by atoms with van der Waals surface area (Å²) in [6, 6.07) is 0. The fourth-order valence-corrected chi connectivity index (χ4v) is 6.52. The van der Waals surface area contributed by atoms with Crippen LogP contribution in [0.15, 0.2) is 0 Å². The Kier molecular flexibility index (Phi) is 16.9. The summed E-state index contributed by atoms with van der Waals surface area (Å²) in [5.74, 6) is 0. The Morgan fingerprint density at radius 2 is 0.885 bits per heavy atom. The number of nitrogens with one attached hydrogen (secondary N) is 1. The molecule has 2 spiro atoms. The molecular formula is C29H40ClF15N2O5. The SMILES string of the molecule is C1CCC2(C1)CCNCC2.CC(OC(=O)OC(C(F)(F)F)C(F)(F)F)C(F)(F)F.Cl.O=C(OC(C(F)(F)F)C(F)(F)F)N1CCC2(CCCC2)CC1. The normalized spacial score (nSPS) is 21.1. The second-order valence-electron chi connectivity index (χ2n) is 13.1. The number of hydrogen-bond donors (Lipinski definition) is 1. The summed E-state index contributed by atoms with van der Waals surface area (Å²) in [5, 5.41) is 3.44. The molecule has 0 aromatic carbocycles. The minimum Gasteiger partial charge on any atom is -0.426 e. The maximum Gasteiger partial charge on any atom is 0.509 e. The van der Waals surface area contributed by atoms with Crippen molar-refractivity contribution < 1.29 is 89.7 Å². The maximum absolute atomic E-state index is 12.4. The first-order chi connectivity index (χ1) is 23.1. The Morgan fingerprint density at radius 1 is 0.538 bits per heavy atom. The molecule has 2 aliphatic carbocycles. The van der Waals surface area contributed by atoms with Crippen LogP contribution in [0, 0.1) is 10.8 Å². The number of halogens is 16. The van der Waals surface area contributed by atoms with Crippen molar-refractivity contribution in [1.82, 2.24) is 10.2 Å². The number of hydrogen-bond acceptors (Lipinski definition) is 6. The minimum absolute atomic E-state index is 0. The Balaban J connectivity index is 0.000000409. The lowest BCUT2D eigenvalue weighted by Crippen LogP contribution is -2.50. The van der Waals surface area contributed by atoms with Gasteiger partial charge < -0.3 is 24.4 Å². The van der Waals surface area contributed by atoms with Crippen molar-refractivity contribution in [2.24, 2.45) is 10.8 Å². The number of alkyl halides is 15. The number of piperidine rings is 2. The van der Waals surface area contributed by atoms with E-state index in [1.807, 2.05) is 0 Å². The monoisotopic (exact) mass is 816 g/mol. The summed E-state index contributed by atoms with van der Waals surface area (Å²) in [5.41, 5.74) is 0.912. The van der Waals surface area contributed by atoms with Gasteiger partial charge in [0.15, 0.2) is 6.10 Å².